The molecule has 0 saturated heterocycles. The number of carbonyl (C=O) groups is 1. The van der Waals surface area contributed by atoms with Crippen LogP contribution in [-0.2, 0) is 16.1 Å². The van der Waals surface area contributed by atoms with E-state index in [9.17, 15) is 4.79 Å². The molecule has 3 aromatic rings. The van der Waals surface area contributed by atoms with Crippen LogP contribution >= 0.6 is 0 Å². The number of aromatic nitrogens is 2. The molecule has 0 aliphatic carbocycles. The van der Waals surface area contributed by atoms with Gasteiger partial charge in [-0.1, -0.05) is 36.4 Å². The molecule has 0 spiro atoms. The molecule has 0 saturated carbocycles. The Bertz CT molecular complexity index is 1100. The standard InChI is InChI=1S/C24H23N3O4/c1-3-30-24(28)20(15-19-9-10-21(31-14-11-25)22(16-19)29-2)23-26-12-13-27(23)17-18-7-5-4-6-8-18/h4-10,12-13,15-16H,3,14,17H2,1-2H3/b20-15+. The summed E-state index contributed by atoms with van der Waals surface area (Å²) in [7, 11) is 1.51. The fourth-order valence-electron chi connectivity index (χ4n) is 3.05. The Morgan fingerprint density at radius 3 is 2.71 bits per heavy atom. The molecule has 0 atom stereocenters. The van der Waals surface area contributed by atoms with Crippen molar-refractivity contribution in [1.29, 1.82) is 5.26 Å². The molecule has 3 rings (SSSR count). The van der Waals surface area contributed by atoms with Gasteiger partial charge in [0.2, 0.25) is 0 Å². The summed E-state index contributed by atoms with van der Waals surface area (Å²) in [6, 6.07) is 17.1. The third-order valence-corrected chi connectivity index (χ3v) is 4.44. The highest BCUT2D eigenvalue weighted by atomic mass is 16.5. The Hall–Kier alpha value is -4.05. The first kappa shape index (κ1) is 21.7. The predicted molar refractivity (Wildman–Crippen MR) is 116 cm³/mol. The highest BCUT2D eigenvalue weighted by Gasteiger charge is 2.19. The van der Waals surface area contributed by atoms with E-state index in [4.69, 9.17) is 19.5 Å². The van der Waals surface area contributed by atoms with Crippen LogP contribution in [0.1, 0.15) is 23.9 Å². The molecule has 0 radical (unpaired) electrons. The van der Waals surface area contributed by atoms with Gasteiger partial charge in [-0.3, -0.25) is 0 Å². The predicted octanol–water partition coefficient (Wildman–Crippen LogP) is 3.95. The second kappa shape index (κ2) is 10.6. The molecule has 0 bridgehead atoms. The number of benzene rings is 2. The number of carbonyl (C=O) groups excluding carboxylic acids is 1. The molecule has 0 aliphatic rings. The summed E-state index contributed by atoms with van der Waals surface area (Å²) in [6.07, 6.45) is 5.19. The first-order chi connectivity index (χ1) is 15.2. The second-order valence-corrected chi connectivity index (χ2v) is 6.50. The topological polar surface area (TPSA) is 86.4 Å². The molecule has 1 heterocycles. The Labute approximate surface area is 181 Å². The second-order valence-electron chi connectivity index (χ2n) is 6.50. The average Bonchev–Trinajstić information content (AvgIpc) is 3.24. The van der Waals surface area contributed by atoms with Crippen LogP contribution in [0.3, 0.4) is 0 Å². The van der Waals surface area contributed by atoms with Gasteiger partial charge in [0.25, 0.3) is 0 Å². The first-order valence-electron chi connectivity index (χ1n) is 9.78. The number of nitrogens with zero attached hydrogens (tertiary/aromatic N) is 3. The number of esters is 1. The van der Waals surface area contributed by atoms with Crippen LogP contribution in [0.5, 0.6) is 11.5 Å². The van der Waals surface area contributed by atoms with Crippen LogP contribution < -0.4 is 9.47 Å². The van der Waals surface area contributed by atoms with Crippen molar-refractivity contribution in [3.8, 4) is 17.6 Å². The van der Waals surface area contributed by atoms with Crippen molar-refractivity contribution in [2.24, 2.45) is 0 Å². The zero-order valence-corrected chi connectivity index (χ0v) is 17.4. The smallest absolute Gasteiger partial charge is 0.341 e. The van der Waals surface area contributed by atoms with E-state index in [0.717, 1.165) is 5.56 Å². The number of imidazole rings is 1. The van der Waals surface area contributed by atoms with E-state index >= 15 is 0 Å². The average molecular weight is 417 g/mol. The van der Waals surface area contributed by atoms with Crippen molar-refractivity contribution in [3.63, 3.8) is 0 Å². The molecular weight excluding hydrogens is 394 g/mol. The molecule has 31 heavy (non-hydrogen) atoms. The molecule has 0 unspecified atom stereocenters. The summed E-state index contributed by atoms with van der Waals surface area (Å²) in [6.45, 7) is 2.49. The molecule has 0 amide bonds. The van der Waals surface area contributed by atoms with Gasteiger partial charge < -0.3 is 18.8 Å². The van der Waals surface area contributed by atoms with Gasteiger partial charge in [-0.05, 0) is 36.3 Å². The Balaban J connectivity index is 1.99. The van der Waals surface area contributed by atoms with Gasteiger partial charge >= 0.3 is 5.97 Å². The number of hydrogen-bond acceptors (Lipinski definition) is 6. The minimum absolute atomic E-state index is 0.0868. The van der Waals surface area contributed by atoms with E-state index in [1.54, 1.807) is 37.4 Å². The SMILES string of the molecule is CCOC(=O)/C(=C/c1ccc(OCC#N)c(OC)c1)c1nccn1Cc1ccccc1. The number of nitriles is 1. The molecule has 0 aliphatic heterocycles. The van der Waals surface area contributed by atoms with Crippen molar-refractivity contribution in [1.82, 2.24) is 9.55 Å². The number of hydrogen-bond donors (Lipinski definition) is 0. The van der Waals surface area contributed by atoms with E-state index in [-0.39, 0.29) is 13.2 Å². The lowest BCUT2D eigenvalue weighted by atomic mass is 10.1. The van der Waals surface area contributed by atoms with Crippen LogP contribution in [0, 0.1) is 11.3 Å². The fraction of sp³-hybridized carbons (Fsp3) is 0.208. The van der Waals surface area contributed by atoms with E-state index in [2.05, 4.69) is 4.98 Å². The van der Waals surface area contributed by atoms with Crippen LogP contribution in [0.25, 0.3) is 11.6 Å². The summed E-state index contributed by atoms with van der Waals surface area (Å²) in [5.41, 5.74) is 2.12. The number of methoxy groups -OCH3 is 1. The summed E-state index contributed by atoms with van der Waals surface area (Å²) < 4.78 is 17.9. The van der Waals surface area contributed by atoms with Gasteiger partial charge in [-0.15, -0.1) is 0 Å². The summed E-state index contributed by atoms with van der Waals surface area (Å²) in [4.78, 5) is 17.2. The van der Waals surface area contributed by atoms with E-state index < -0.39 is 5.97 Å². The van der Waals surface area contributed by atoms with Crippen molar-refractivity contribution >= 4 is 17.6 Å². The molecule has 2 aromatic carbocycles. The Morgan fingerprint density at radius 2 is 2.00 bits per heavy atom. The van der Waals surface area contributed by atoms with Crippen LogP contribution in [0.4, 0.5) is 0 Å². The normalized spacial score (nSPS) is 10.9. The van der Waals surface area contributed by atoms with Crippen LogP contribution in [-0.4, -0.2) is 35.8 Å². The molecule has 0 N–H and O–H groups in total. The molecule has 0 fully saturated rings. The third-order valence-electron chi connectivity index (χ3n) is 4.44. The highest BCUT2D eigenvalue weighted by molar-refractivity contribution is 6.20. The summed E-state index contributed by atoms with van der Waals surface area (Å²) in [5, 5.41) is 8.73. The Kier molecular flexibility index (Phi) is 7.44. The third kappa shape index (κ3) is 5.52. The maximum atomic E-state index is 12.8. The summed E-state index contributed by atoms with van der Waals surface area (Å²) >= 11 is 0. The monoisotopic (exact) mass is 417 g/mol. The zero-order valence-electron chi connectivity index (χ0n) is 17.4. The van der Waals surface area contributed by atoms with Gasteiger partial charge in [-0.2, -0.15) is 5.26 Å². The number of rotatable bonds is 9. The minimum atomic E-state index is -0.466. The van der Waals surface area contributed by atoms with E-state index in [0.29, 0.717) is 35.0 Å². The fourth-order valence-corrected chi connectivity index (χ4v) is 3.05. The van der Waals surface area contributed by atoms with Crippen LogP contribution in [0.2, 0.25) is 0 Å². The lowest BCUT2D eigenvalue weighted by Crippen LogP contribution is -2.12. The van der Waals surface area contributed by atoms with Crippen molar-refractivity contribution in [2.75, 3.05) is 20.3 Å². The van der Waals surface area contributed by atoms with E-state index in [1.165, 1.54) is 7.11 Å². The van der Waals surface area contributed by atoms with E-state index in [1.807, 2.05) is 47.2 Å². The van der Waals surface area contributed by atoms with Gasteiger partial charge in [0.15, 0.2) is 18.1 Å². The van der Waals surface area contributed by atoms with Gasteiger partial charge in [0.1, 0.15) is 17.5 Å². The van der Waals surface area contributed by atoms with Gasteiger partial charge in [0.05, 0.1) is 13.7 Å². The lowest BCUT2D eigenvalue weighted by Gasteiger charge is -2.12. The molecule has 1 aromatic heterocycles. The lowest BCUT2D eigenvalue weighted by molar-refractivity contribution is -0.136. The Morgan fingerprint density at radius 1 is 1.19 bits per heavy atom. The highest BCUT2D eigenvalue weighted by Crippen LogP contribution is 2.30. The molecular formula is C24H23N3O4. The largest absolute Gasteiger partial charge is 0.493 e. The quantitative estimate of drug-likeness (QED) is 0.387. The van der Waals surface area contributed by atoms with Gasteiger partial charge in [-0.25, -0.2) is 9.78 Å². The van der Waals surface area contributed by atoms with Crippen molar-refractivity contribution < 1.29 is 19.0 Å². The van der Waals surface area contributed by atoms with Crippen molar-refractivity contribution in [2.45, 2.75) is 13.5 Å². The summed E-state index contributed by atoms with van der Waals surface area (Å²) in [5.74, 6) is 0.946. The van der Waals surface area contributed by atoms with Crippen LogP contribution in [0.15, 0.2) is 60.9 Å². The minimum Gasteiger partial charge on any atom is -0.493 e. The first-order valence-corrected chi connectivity index (χ1v) is 9.78. The maximum absolute atomic E-state index is 12.8. The molecule has 158 valence electrons. The molecule has 7 heteroatoms. The molecule has 7 nitrogen and oxygen atoms in total. The van der Waals surface area contributed by atoms with Crippen molar-refractivity contribution in [3.05, 3.63) is 77.9 Å². The maximum Gasteiger partial charge on any atom is 0.341 e. The van der Waals surface area contributed by atoms with Gasteiger partial charge in [0, 0.05) is 18.9 Å². The zero-order chi connectivity index (χ0) is 22.1. The number of ether oxygens (including phenoxy) is 3.